The third kappa shape index (κ3) is 1.89. The maximum absolute atomic E-state index is 15.1. The Morgan fingerprint density at radius 2 is 1.23 bits per heavy atom. The third-order valence-corrected chi connectivity index (χ3v) is 9.21. The number of hydrogen-bond donors (Lipinski definition) is 0. The molecule has 0 spiro atoms. The largest absolute Gasteiger partial charge is 0.455 e. The Kier molecular flexibility index (Phi) is 3.00. The van der Waals surface area contributed by atoms with E-state index >= 15 is 4.57 Å². The van der Waals surface area contributed by atoms with E-state index in [1.54, 1.807) is 0 Å². The topological polar surface area (TPSA) is 35.5 Å². The maximum Gasteiger partial charge on any atom is 0.185 e. The van der Waals surface area contributed by atoms with Gasteiger partial charge in [0, 0.05) is 10.8 Å². The monoisotopic (exact) mass is 406 g/mol. The summed E-state index contributed by atoms with van der Waals surface area (Å²) >= 11 is 0. The lowest BCUT2D eigenvalue weighted by Crippen LogP contribution is -2.35. The molecular weight excluding hydrogens is 391 g/mol. The van der Waals surface area contributed by atoms with Crippen LogP contribution in [0.25, 0.3) is 21.5 Å². The summed E-state index contributed by atoms with van der Waals surface area (Å²) in [6.07, 6.45) is 0. The van der Waals surface area contributed by atoms with Gasteiger partial charge in [-0.2, -0.15) is 0 Å². The lowest BCUT2D eigenvalue weighted by molar-refractivity contribution is 0.468. The zero-order valence-corrected chi connectivity index (χ0v) is 16.7. The van der Waals surface area contributed by atoms with Gasteiger partial charge in [0.25, 0.3) is 0 Å². The molecule has 7 rings (SSSR count). The fourth-order valence-corrected chi connectivity index (χ4v) is 7.82. The number of hydrogen-bond acceptors (Lipinski definition) is 3. The molecule has 0 saturated heterocycles. The van der Waals surface area contributed by atoms with Crippen LogP contribution in [0.2, 0.25) is 0 Å². The SMILES string of the molecule is O=[P@]12c3ccccc3Oc3c1c(cc1ccccc31)Oc1c2ccc2ccccc12. The van der Waals surface area contributed by atoms with E-state index in [1.165, 1.54) is 0 Å². The fourth-order valence-electron chi connectivity index (χ4n) is 4.74. The van der Waals surface area contributed by atoms with E-state index in [0.717, 1.165) is 32.2 Å². The van der Waals surface area contributed by atoms with Gasteiger partial charge < -0.3 is 14.0 Å². The second-order valence-corrected chi connectivity index (χ2v) is 10.3. The molecule has 0 bridgehead atoms. The highest BCUT2D eigenvalue weighted by molar-refractivity contribution is 7.86. The summed E-state index contributed by atoms with van der Waals surface area (Å²) in [6.45, 7) is 0. The lowest BCUT2D eigenvalue weighted by Gasteiger charge is -2.35. The summed E-state index contributed by atoms with van der Waals surface area (Å²) in [5.74, 6) is 2.59. The Morgan fingerprint density at radius 1 is 0.567 bits per heavy atom. The van der Waals surface area contributed by atoms with Crippen molar-refractivity contribution >= 4 is 44.6 Å². The third-order valence-electron chi connectivity index (χ3n) is 6.08. The molecule has 0 aromatic heterocycles. The Morgan fingerprint density at radius 3 is 2.10 bits per heavy atom. The summed E-state index contributed by atoms with van der Waals surface area (Å²) in [6, 6.07) is 29.7. The molecule has 0 amide bonds. The van der Waals surface area contributed by atoms with Gasteiger partial charge in [-0.05, 0) is 35.0 Å². The molecule has 0 saturated carbocycles. The van der Waals surface area contributed by atoms with Crippen molar-refractivity contribution in [3.8, 4) is 23.0 Å². The van der Waals surface area contributed by atoms with Gasteiger partial charge in [-0.25, -0.2) is 0 Å². The molecule has 0 N–H and O–H groups in total. The molecular formula is C26H15O3P. The van der Waals surface area contributed by atoms with Crippen molar-refractivity contribution in [2.24, 2.45) is 0 Å². The van der Waals surface area contributed by atoms with Crippen LogP contribution in [0, 0.1) is 0 Å². The normalized spacial score (nSPS) is 18.1. The Hall–Kier alpha value is -3.55. The molecule has 1 atom stereocenters. The minimum Gasteiger partial charge on any atom is -0.455 e. The minimum absolute atomic E-state index is 0.616. The molecule has 0 aliphatic carbocycles. The van der Waals surface area contributed by atoms with Crippen molar-refractivity contribution < 1.29 is 14.0 Å². The van der Waals surface area contributed by atoms with Gasteiger partial charge in [0.2, 0.25) is 0 Å². The summed E-state index contributed by atoms with van der Waals surface area (Å²) in [7, 11) is -3.17. The number of rotatable bonds is 0. The zero-order chi connectivity index (χ0) is 19.9. The first-order valence-corrected chi connectivity index (χ1v) is 11.6. The van der Waals surface area contributed by atoms with E-state index < -0.39 is 7.14 Å². The first kappa shape index (κ1) is 16.3. The van der Waals surface area contributed by atoms with Gasteiger partial charge in [0.15, 0.2) is 7.14 Å². The van der Waals surface area contributed by atoms with Crippen LogP contribution in [0.1, 0.15) is 0 Å². The van der Waals surface area contributed by atoms with Gasteiger partial charge in [-0.15, -0.1) is 0 Å². The van der Waals surface area contributed by atoms with E-state index in [0.29, 0.717) is 28.3 Å². The molecule has 2 aliphatic heterocycles. The molecule has 4 heteroatoms. The average molecular weight is 406 g/mol. The Bertz CT molecular complexity index is 1580. The maximum atomic E-state index is 15.1. The molecule has 0 fully saturated rings. The van der Waals surface area contributed by atoms with Crippen LogP contribution < -0.4 is 25.4 Å². The highest BCUT2D eigenvalue weighted by Gasteiger charge is 2.47. The molecule has 2 heterocycles. The summed E-state index contributed by atoms with van der Waals surface area (Å²) < 4.78 is 27.9. The smallest absolute Gasteiger partial charge is 0.185 e. The van der Waals surface area contributed by atoms with Gasteiger partial charge in [-0.3, -0.25) is 0 Å². The van der Waals surface area contributed by atoms with Crippen molar-refractivity contribution in [3.63, 3.8) is 0 Å². The highest BCUT2D eigenvalue weighted by atomic mass is 31.2. The van der Waals surface area contributed by atoms with Gasteiger partial charge in [-0.1, -0.05) is 66.7 Å². The minimum atomic E-state index is -3.17. The molecule has 0 unspecified atom stereocenters. The van der Waals surface area contributed by atoms with Gasteiger partial charge in [0.05, 0.1) is 10.6 Å². The molecule has 0 radical (unpaired) electrons. The predicted molar refractivity (Wildman–Crippen MR) is 121 cm³/mol. The second kappa shape index (κ2) is 5.53. The first-order valence-electron chi connectivity index (χ1n) is 9.89. The van der Waals surface area contributed by atoms with Crippen LogP contribution in [0.5, 0.6) is 23.0 Å². The zero-order valence-electron chi connectivity index (χ0n) is 15.8. The fraction of sp³-hybridized carbons (Fsp3) is 0. The quantitative estimate of drug-likeness (QED) is 0.297. The summed E-state index contributed by atoms with van der Waals surface area (Å²) in [5, 5.41) is 6.11. The van der Waals surface area contributed by atoms with Crippen LogP contribution in [-0.4, -0.2) is 0 Å². The highest BCUT2D eigenvalue weighted by Crippen LogP contribution is 2.60. The van der Waals surface area contributed by atoms with E-state index in [1.807, 2.05) is 91.0 Å². The predicted octanol–water partition coefficient (Wildman–Crippen LogP) is 5.84. The van der Waals surface area contributed by atoms with Gasteiger partial charge in [0.1, 0.15) is 28.3 Å². The van der Waals surface area contributed by atoms with Crippen LogP contribution >= 0.6 is 7.14 Å². The first-order chi connectivity index (χ1) is 14.7. The van der Waals surface area contributed by atoms with E-state index in [2.05, 4.69) is 0 Å². The Labute approximate surface area is 172 Å². The van der Waals surface area contributed by atoms with E-state index in [-0.39, 0.29) is 0 Å². The van der Waals surface area contributed by atoms with Crippen molar-refractivity contribution in [3.05, 3.63) is 91.0 Å². The number of benzene rings is 5. The lowest BCUT2D eigenvalue weighted by atomic mass is 10.1. The van der Waals surface area contributed by atoms with Crippen LogP contribution in [0.3, 0.4) is 0 Å². The number of para-hydroxylation sites is 1. The summed E-state index contributed by atoms with van der Waals surface area (Å²) in [4.78, 5) is 0. The molecule has 5 aromatic carbocycles. The van der Waals surface area contributed by atoms with Gasteiger partial charge >= 0.3 is 0 Å². The van der Waals surface area contributed by atoms with Crippen molar-refractivity contribution in [1.29, 1.82) is 0 Å². The molecule has 2 aliphatic rings. The van der Waals surface area contributed by atoms with E-state index in [4.69, 9.17) is 9.47 Å². The van der Waals surface area contributed by atoms with Crippen LogP contribution in [-0.2, 0) is 4.57 Å². The molecule has 142 valence electrons. The van der Waals surface area contributed by atoms with Crippen LogP contribution in [0.4, 0.5) is 0 Å². The van der Waals surface area contributed by atoms with Crippen molar-refractivity contribution in [2.75, 3.05) is 0 Å². The molecule has 30 heavy (non-hydrogen) atoms. The molecule has 5 aromatic rings. The number of fused-ring (bicyclic) bond motifs is 8. The van der Waals surface area contributed by atoms with Crippen LogP contribution in [0.15, 0.2) is 91.0 Å². The van der Waals surface area contributed by atoms with Crippen molar-refractivity contribution in [2.45, 2.75) is 0 Å². The summed E-state index contributed by atoms with van der Waals surface area (Å²) in [5.41, 5.74) is 0. The van der Waals surface area contributed by atoms with E-state index in [9.17, 15) is 0 Å². The number of ether oxygens (including phenoxy) is 2. The standard InChI is InChI=1S/C26H15O3P/c27-30-22-12-6-5-11-20(22)28-25-19-10-4-2-8-17(19)15-21(26(25)30)29-24-18-9-3-1-7-16(18)13-14-23(24)30/h1-15H/t30-/m0/s1. The van der Waals surface area contributed by atoms with Crippen molar-refractivity contribution in [1.82, 2.24) is 0 Å². The average Bonchev–Trinajstić information content (AvgIpc) is 2.79. The second-order valence-electron chi connectivity index (χ2n) is 7.69. The molecule has 3 nitrogen and oxygen atoms in total. The Balaban J connectivity index is 1.70.